The van der Waals surface area contributed by atoms with Crippen molar-refractivity contribution in [2.45, 2.75) is 19.9 Å². The highest BCUT2D eigenvalue weighted by Crippen LogP contribution is 2.23. The summed E-state index contributed by atoms with van der Waals surface area (Å²) in [6.45, 7) is 4.09. The number of nitrogens with zero attached hydrogens (tertiary/aromatic N) is 2. The lowest BCUT2D eigenvalue weighted by Gasteiger charge is -2.16. The normalized spacial score (nSPS) is 12.0. The number of rotatable bonds is 4. The van der Waals surface area contributed by atoms with E-state index < -0.39 is 0 Å². The van der Waals surface area contributed by atoms with E-state index in [0.29, 0.717) is 5.56 Å². The van der Waals surface area contributed by atoms with Gasteiger partial charge in [0.2, 0.25) is 0 Å². The summed E-state index contributed by atoms with van der Waals surface area (Å²) < 4.78 is 1.78. The zero-order valence-electron chi connectivity index (χ0n) is 12.3. The van der Waals surface area contributed by atoms with Crippen molar-refractivity contribution in [3.05, 3.63) is 47.3 Å². The Hall–Kier alpha value is -2.30. The molecule has 1 aromatic heterocycles. The highest BCUT2D eigenvalue weighted by atomic mass is 16.1. The zero-order chi connectivity index (χ0) is 14.7. The maximum absolute atomic E-state index is 11.7. The highest BCUT2D eigenvalue weighted by Gasteiger charge is 2.11. The van der Waals surface area contributed by atoms with E-state index in [4.69, 9.17) is 0 Å². The number of anilines is 1. The second-order valence-electron chi connectivity index (χ2n) is 4.92. The minimum absolute atomic E-state index is 0.0814. The van der Waals surface area contributed by atoms with Gasteiger partial charge in [0.1, 0.15) is 0 Å². The first-order valence-electron chi connectivity index (χ1n) is 6.59. The molecule has 0 radical (unpaired) electrons. The summed E-state index contributed by atoms with van der Waals surface area (Å²) in [4.78, 5) is 11.7. The molecule has 0 saturated carbocycles. The summed E-state index contributed by atoms with van der Waals surface area (Å²) in [5.74, 6) is -0.0814. The third kappa shape index (κ3) is 2.99. The van der Waals surface area contributed by atoms with Gasteiger partial charge in [-0.2, -0.15) is 5.10 Å². The van der Waals surface area contributed by atoms with E-state index in [1.165, 1.54) is 0 Å². The molecule has 1 unspecified atom stereocenters. The van der Waals surface area contributed by atoms with Crippen LogP contribution in [-0.2, 0) is 7.05 Å². The van der Waals surface area contributed by atoms with Crippen LogP contribution in [0.2, 0.25) is 0 Å². The van der Waals surface area contributed by atoms with Gasteiger partial charge in [-0.05, 0) is 31.5 Å². The molecule has 2 aromatic rings. The van der Waals surface area contributed by atoms with Crippen molar-refractivity contribution in [2.24, 2.45) is 7.05 Å². The number of aromatic nitrogens is 2. The van der Waals surface area contributed by atoms with Crippen LogP contribution in [0.25, 0.3) is 0 Å². The van der Waals surface area contributed by atoms with Crippen LogP contribution in [0.15, 0.2) is 30.6 Å². The SMILES string of the molecule is CNC(=O)c1ccc(C)c(NC(C)c2cnn(C)c2)c1. The maximum Gasteiger partial charge on any atom is 0.251 e. The fourth-order valence-electron chi connectivity index (χ4n) is 2.04. The molecule has 5 heteroatoms. The van der Waals surface area contributed by atoms with Gasteiger partial charge in [-0.1, -0.05) is 6.07 Å². The molecule has 0 aliphatic heterocycles. The molecule has 1 atom stereocenters. The van der Waals surface area contributed by atoms with Gasteiger partial charge >= 0.3 is 0 Å². The Balaban J connectivity index is 2.22. The third-order valence-electron chi connectivity index (χ3n) is 3.32. The highest BCUT2D eigenvalue weighted by molar-refractivity contribution is 5.95. The third-order valence-corrected chi connectivity index (χ3v) is 3.32. The fourth-order valence-corrected chi connectivity index (χ4v) is 2.04. The van der Waals surface area contributed by atoms with Crippen molar-refractivity contribution in [2.75, 3.05) is 12.4 Å². The molecule has 2 rings (SSSR count). The van der Waals surface area contributed by atoms with Crippen molar-refractivity contribution in [3.8, 4) is 0 Å². The van der Waals surface area contributed by atoms with E-state index in [0.717, 1.165) is 16.8 Å². The van der Waals surface area contributed by atoms with Crippen LogP contribution in [-0.4, -0.2) is 22.7 Å². The molecule has 1 heterocycles. The summed E-state index contributed by atoms with van der Waals surface area (Å²) in [5, 5.41) is 10.2. The van der Waals surface area contributed by atoms with E-state index in [9.17, 15) is 4.79 Å². The number of carbonyl (C=O) groups excluding carboxylic acids is 1. The van der Waals surface area contributed by atoms with E-state index in [1.807, 2.05) is 44.6 Å². The van der Waals surface area contributed by atoms with E-state index in [-0.39, 0.29) is 11.9 Å². The first-order valence-corrected chi connectivity index (χ1v) is 6.59. The number of nitrogens with one attached hydrogen (secondary N) is 2. The number of hydrogen-bond acceptors (Lipinski definition) is 3. The maximum atomic E-state index is 11.7. The quantitative estimate of drug-likeness (QED) is 0.897. The Bertz CT molecular complexity index is 618. The molecule has 20 heavy (non-hydrogen) atoms. The van der Waals surface area contributed by atoms with Crippen molar-refractivity contribution in [1.82, 2.24) is 15.1 Å². The Kier molecular flexibility index (Phi) is 4.08. The van der Waals surface area contributed by atoms with Gasteiger partial charge in [-0.25, -0.2) is 0 Å². The summed E-state index contributed by atoms with van der Waals surface area (Å²) in [7, 11) is 3.53. The Labute approximate surface area is 119 Å². The van der Waals surface area contributed by atoms with Gasteiger partial charge in [0.05, 0.1) is 12.2 Å². The van der Waals surface area contributed by atoms with Gasteiger partial charge in [0.25, 0.3) is 5.91 Å². The predicted molar refractivity (Wildman–Crippen MR) is 79.8 cm³/mol. The van der Waals surface area contributed by atoms with Gasteiger partial charge < -0.3 is 10.6 Å². The van der Waals surface area contributed by atoms with E-state index in [2.05, 4.69) is 22.7 Å². The smallest absolute Gasteiger partial charge is 0.251 e. The average molecular weight is 272 g/mol. The van der Waals surface area contributed by atoms with Gasteiger partial charge in [0, 0.05) is 37.1 Å². The minimum Gasteiger partial charge on any atom is -0.378 e. The number of benzene rings is 1. The molecule has 0 fully saturated rings. The molecule has 1 amide bonds. The molecule has 5 nitrogen and oxygen atoms in total. The second-order valence-corrected chi connectivity index (χ2v) is 4.92. The van der Waals surface area contributed by atoms with Crippen molar-refractivity contribution >= 4 is 11.6 Å². The lowest BCUT2D eigenvalue weighted by molar-refractivity contribution is 0.0963. The van der Waals surface area contributed by atoms with Crippen LogP contribution in [0.5, 0.6) is 0 Å². The largest absolute Gasteiger partial charge is 0.378 e. The Morgan fingerprint density at radius 1 is 1.40 bits per heavy atom. The standard InChI is InChI=1S/C15H20N4O/c1-10-5-6-12(15(20)16-3)7-14(10)18-11(2)13-8-17-19(4)9-13/h5-9,11,18H,1-4H3,(H,16,20). The molecule has 106 valence electrons. The molecule has 0 spiro atoms. The molecule has 0 saturated heterocycles. The topological polar surface area (TPSA) is 59.0 Å². The monoisotopic (exact) mass is 272 g/mol. The Morgan fingerprint density at radius 3 is 2.75 bits per heavy atom. The lowest BCUT2D eigenvalue weighted by atomic mass is 10.1. The molecular weight excluding hydrogens is 252 g/mol. The first-order chi connectivity index (χ1) is 9.51. The Morgan fingerprint density at radius 2 is 2.15 bits per heavy atom. The summed E-state index contributed by atoms with van der Waals surface area (Å²) >= 11 is 0. The molecule has 0 aliphatic carbocycles. The lowest BCUT2D eigenvalue weighted by Crippen LogP contribution is -2.18. The molecule has 1 aromatic carbocycles. The van der Waals surface area contributed by atoms with Crippen LogP contribution in [0.3, 0.4) is 0 Å². The van der Waals surface area contributed by atoms with Crippen LogP contribution >= 0.6 is 0 Å². The molecule has 2 N–H and O–H groups in total. The van der Waals surface area contributed by atoms with Gasteiger partial charge in [0.15, 0.2) is 0 Å². The minimum atomic E-state index is -0.0814. The average Bonchev–Trinajstić information content (AvgIpc) is 2.87. The van der Waals surface area contributed by atoms with Crippen molar-refractivity contribution in [3.63, 3.8) is 0 Å². The van der Waals surface area contributed by atoms with E-state index >= 15 is 0 Å². The summed E-state index contributed by atoms with van der Waals surface area (Å²) in [6, 6.07) is 5.78. The number of hydrogen-bond donors (Lipinski definition) is 2. The number of carbonyl (C=O) groups is 1. The molecule has 0 bridgehead atoms. The summed E-state index contributed by atoms with van der Waals surface area (Å²) in [5.41, 5.74) is 3.83. The van der Waals surface area contributed by atoms with Gasteiger partial charge in [-0.15, -0.1) is 0 Å². The molecular formula is C15H20N4O. The number of aryl methyl sites for hydroxylation is 2. The van der Waals surface area contributed by atoms with Crippen LogP contribution < -0.4 is 10.6 Å². The van der Waals surface area contributed by atoms with E-state index in [1.54, 1.807) is 11.7 Å². The zero-order valence-corrected chi connectivity index (χ0v) is 12.3. The van der Waals surface area contributed by atoms with Crippen molar-refractivity contribution in [1.29, 1.82) is 0 Å². The molecule has 0 aliphatic rings. The second kappa shape index (κ2) is 5.77. The van der Waals surface area contributed by atoms with Crippen LogP contribution in [0.4, 0.5) is 5.69 Å². The van der Waals surface area contributed by atoms with Crippen LogP contribution in [0.1, 0.15) is 34.5 Å². The number of amides is 1. The summed E-state index contributed by atoms with van der Waals surface area (Å²) in [6.07, 6.45) is 3.82. The van der Waals surface area contributed by atoms with Gasteiger partial charge in [-0.3, -0.25) is 9.48 Å². The van der Waals surface area contributed by atoms with Crippen LogP contribution in [0, 0.1) is 6.92 Å². The van der Waals surface area contributed by atoms with Crippen molar-refractivity contribution < 1.29 is 4.79 Å². The fraction of sp³-hybridized carbons (Fsp3) is 0.333. The first kappa shape index (κ1) is 14.1. The predicted octanol–water partition coefficient (Wildman–Crippen LogP) is 2.26.